The van der Waals surface area contributed by atoms with Crippen LogP contribution in [0.2, 0.25) is 0 Å². The smallest absolute Gasteiger partial charge is 0.240 e. The van der Waals surface area contributed by atoms with Crippen molar-refractivity contribution < 1.29 is 9.59 Å². The van der Waals surface area contributed by atoms with Crippen molar-refractivity contribution >= 4 is 28.4 Å². The Morgan fingerprint density at radius 2 is 1.74 bits per heavy atom. The second-order valence-corrected chi connectivity index (χ2v) is 7.09. The fourth-order valence-corrected chi connectivity index (χ4v) is 3.19. The number of carbonyl (C=O) groups is 2. The Morgan fingerprint density at radius 1 is 1.00 bits per heavy atom. The van der Waals surface area contributed by atoms with E-state index in [1.165, 1.54) is 5.56 Å². The predicted molar refractivity (Wildman–Crippen MR) is 105 cm³/mol. The highest BCUT2D eigenvalue weighted by Gasteiger charge is 2.56. The lowest BCUT2D eigenvalue weighted by Gasteiger charge is -2.16. The Bertz CT molecular complexity index is 1000. The van der Waals surface area contributed by atoms with E-state index in [1.807, 2.05) is 61.5 Å². The lowest BCUT2D eigenvalue weighted by Crippen LogP contribution is -2.39. The van der Waals surface area contributed by atoms with Crippen LogP contribution in [0.4, 0.5) is 5.69 Å². The normalized spacial score (nSPS) is 14.6. The minimum Gasteiger partial charge on any atom is -0.351 e. The number of amides is 2. The first kappa shape index (κ1) is 17.2. The van der Waals surface area contributed by atoms with Gasteiger partial charge >= 0.3 is 0 Å². The maximum absolute atomic E-state index is 12.8. The summed E-state index contributed by atoms with van der Waals surface area (Å²) in [5, 5.41) is 6.77. The number of para-hydroxylation sites is 1. The van der Waals surface area contributed by atoms with E-state index < -0.39 is 5.41 Å². The van der Waals surface area contributed by atoms with Gasteiger partial charge in [0.05, 0.1) is 11.2 Å². The molecule has 5 heteroatoms. The van der Waals surface area contributed by atoms with Crippen molar-refractivity contribution in [1.82, 2.24) is 10.3 Å². The molecule has 0 spiro atoms. The van der Waals surface area contributed by atoms with Gasteiger partial charge in [-0.3, -0.25) is 14.6 Å². The Morgan fingerprint density at radius 3 is 2.48 bits per heavy atom. The third-order valence-corrected chi connectivity index (χ3v) is 5.07. The van der Waals surface area contributed by atoms with E-state index in [2.05, 4.69) is 15.6 Å². The van der Waals surface area contributed by atoms with Crippen LogP contribution in [0, 0.1) is 12.3 Å². The molecule has 0 atom stereocenters. The van der Waals surface area contributed by atoms with Crippen LogP contribution < -0.4 is 10.6 Å². The van der Waals surface area contributed by atoms with E-state index in [9.17, 15) is 9.59 Å². The molecule has 1 aliphatic rings. The second-order valence-electron chi connectivity index (χ2n) is 7.09. The molecule has 2 N–H and O–H groups in total. The lowest BCUT2D eigenvalue weighted by atomic mass is 10.0. The van der Waals surface area contributed by atoms with Crippen molar-refractivity contribution in [2.24, 2.45) is 5.41 Å². The van der Waals surface area contributed by atoms with Crippen LogP contribution in [-0.4, -0.2) is 16.8 Å². The van der Waals surface area contributed by atoms with Gasteiger partial charge in [0.2, 0.25) is 11.8 Å². The summed E-state index contributed by atoms with van der Waals surface area (Å²) in [7, 11) is 0. The van der Waals surface area contributed by atoms with Gasteiger partial charge in [-0.25, -0.2) is 0 Å². The zero-order chi connectivity index (χ0) is 18.9. The van der Waals surface area contributed by atoms with E-state index in [1.54, 1.807) is 6.20 Å². The number of nitrogens with one attached hydrogen (secondary N) is 2. The fraction of sp³-hybridized carbons (Fsp3) is 0.227. The molecule has 3 aromatic rings. The first-order valence-corrected chi connectivity index (χ1v) is 9.07. The largest absolute Gasteiger partial charge is 0.351 e. The highest BCUT2D eigenvalue weighted by Crippen LogP contribution is 2.47. The van der Waals surface area contributed by atoms with Gasteiger partial charge in [-0.1, -0.05) is 48.0 Å². The van der Waals surface area contributed by atoms with Gasteiger partial charge in [0.15, 0.2) is 0 Å². The van der Waals surface area contributed by atoms with E-state index in [-0.39, 0.29) is 11.8 Å². The zero-order valence-electron chi connectivity index (χ0n) is 15.2. The Kier molecular flexibility index (Phi) is 4.36. The maximum Gasteiger partial charge on any atom is 0.240 e. The number of carbonyl (C=O) groups excluding carboxylic acids is 2. The zero-order valence-corrected chi connectivity index (χ0v) is 15.2. The molecule has 1 fully saturated rings. The van der Waals surface area contributed by atoms with Gasteiger partial charge in [-0.05, 0) is 37.5 Å². The van der Waals surface area contributed by atoms with Crippen molar-refractivity contribution in [2.75, 3.05) is 5.32 Å². The van der Waals surface area contributed by atoms with Crippen LogP contribution in [-0.2, 0) is 16.1 Å². The van der Waals surface area contributed by atoms with Crippen LogP contribution in [0.25, 0.3) is 10.9 Å². The Hall–Kier alpha value is -3.21. The maximum atomic E-state index is 12.8. The third kappa shape index (κ3) is 3.40. The summed E-state index contributed by atoms with van der Waals surface area (Å²) in [6.07, 6.45) is 2.83. The summed E-state index contributed by atoms with van der Waals surface area (Å²) in [4.78, 5) is 29.9. The van der Waals surface area contributed by atoms with Crippen molar-refractivity contribution in [3.05, 3.63) is 71.9 Å². The van der Waals surface area contributed by atoms with Crippen LogP contribution in [0.15, 0.2) is 60.8 Å². The number of aryl methyl sites for hydroxylation is 1. The summed E-state index contributed by atoms with van der Waals surface area (Å²) in [5.74, 6) is -0.476. The van der Waals surface area contributed by atoms with E-state index in [4.69, 9.17) is 0 Å². The van der Waals surface area contributed by atoms with Crippen LogP contribution in [0.5, 0.6) is 0 Å². The highest BCUT2D eigenvalue weighted by atomic mass is 16.2. The molecule has 0 bridgehead atoms. The third-order valence-electron chi connectivity index (χ3n) is 5.07. The SMILES string of the molecule is Cc1ccc(CNC(=O)C2(C(=O)Nc3cccc4cccnc34)CC2)cc1. The molecule has 1 heterocycles. The summed E-state index contributed by atoms with van der Waals surface area (Å²) in [5.41, 5.74) is 2.58. The van der Waals surface area contributed by atoms with Crippen LogP contribution >= 0.6 is 0 Å². The van der Waals surface area contributed by atoms with E-state index >= 15 is 0 Å². The molecular formula is C22H21N3O2. The standard InChI is InChI=1S/C22H21N3O2/c1-15-7-9-16(10-8-15)14-24-20(26)22(11-12-22)21(27)25-18-6-2-4-17-5-3-13-23-19(17)18/h2-10,13H,11-12,14H2,1H3,(H,24,26)(H,25,27). The monoisotopic (exact) mass is 359 g/mol. The molecule has 136 valence electrons. The number of nitrogens with zero attached hydrogens (tertiary/aromatic N) is 1. The second kappa shape index (κ2) is 6.83. The number of anilines is 1. The average Bonchev–Trinajstić information content (AvgIpc) is 3.50. The summed E-state index contributed by atoms with van der Waals surface area (Å²) in [6, 6.07) is 17.4. The van der Waals surface area contributed by atoms with Gasteiger partial charge in [0, 0.05) is 18.1 Å². The Balaban J connectivity index is 1.46. The molecule has 2 amide bonds. The molecule has 5 nitrogen and oxygen atoms in total. The molecule has 0 aliphatic heterocycles. The highest BCUT2D eigenvalue weighted by molar-refractivity contribution is 6.14. The van der Waals surface area contributed by atoms with Crippen molar-refractivity contribution in [3.8, 4) is 0 Å². The topological polar surface area (TPSA) is 71.1 Å². The van der Waals surface area contributed by atoms with Crippen molar-refractivity contribution in [3.63, 3.8) is 0 Å². The lowest BCUT2D eigenvalue weighted by molar-refractivity contribution is -0.134. The van der Waals surface area contributed by atoms with Gasteiger partial charge < -0.3 is 10.6 Å². The molecule has 2 aromatic carbocycles. The first-order valence-electron chi connectivity index (χ1n) is 9.07. The van der Waals surface area contributed by atoms with E-state index in [0.717, 1.165) is 16.5 Å². The van der Waals surface area contributed by atoms with Gasteiger partial charge in [0.25, 0.3) is 0 Å². The first-order chi connectivity index (χ1) is 13.1. The molecule has 27 heavy (non-hydrogen) atoms. The number of hydrogen-bond donors (Lipinski definition) is 2. The van der Waals surface area contributed by atoms with Crippen LogP contribution in [0.1, 0.15) is 24.0 Å². The van der Waals surface area contributed by atoms with Crippen LogP contribution in [0.3, 0.4) is 0 Å². The minimum absolute atomic E-state index is 0.214. The van der Waals surface area contributed by atoms with E-state index in [0.29, 0.717) is 25.1 Å². The number of pyridine rings is 1. The molecule has 1 aliphatic carbocycles. The van der Waals surface area contributed by atoms with Gasteiger partial charge in [0.1, 0.15) is 5.41 Å². The summed E-state index contributed by atoms with van der Waals surface area (Å²) < 4.78 is 0. The Labute approximate surface area is 157 Å². The van der Waals surface area contributed by atoms with Crippen molar-refractivity contribution in [1.29, 1.82) is 0 Å². The summed E-state index contributed by atoms with van der Waals surface area (Å²) >= 11 is 0. The molecule has 0 unspecified atom stereocenters. The molecule has 1 saturated carbocycles. The quantitative estimate of drug-likeness (QED) is 0.684. The number of aromatic nitrogens is 1. The molecule has 0 saturated heterocycles. The van der Waals surface area contributed by atoms with Crippen molar-refractivity contribution in [2.45, 2.75) is 26.3 Å². The minimum atomic E-state index is -0.971. The number of rotatable bonds is 5. The summed E-state index contributed by atoms with van der Waals surface area (Å²) in [6.45, 7) is 2.44. The predicted octanol–water partition coefficient (Wildman–Crippen LogP) is 3.58. The fourth-order valence-electron chi connectivity index (χ4n) is 3.19. The number of benzene rings is 2. The average molecular weight is 359 g/mol. The molecule has 4 rings (SSSR count). The molecular weight excluding hydrogens is 338 g/mol. The molecule has 1 aromatic heterocycles. The molecule has 0 radical (unpaired) electrons. The number of hydrogen-bond acceptors (Lipinski definition) is 3. The van der Waals surface area contributed by atoms with Gasteiger partial charge in [-0.2, -0.15) is 0 Å². The number of fused-ring (bicyclic) bond motifs is 1. The van der Waals surface area contributed by atoms with Gasteiger partial charge in [-0.15, -0.1) is 0 Å².